The summed E-state index contributed by atoms with van der Waals surface area (Å²) in [4.78, 5) is 21.1. The minimum Gasteiger partial charge on any atom is -0.464 e. The molecule has 0 saturated carbocycles. The second-order valence-corrected chi connectivity index (χ2v) is 3.36. The fourth-order valence-corrected chi connectivity index (χ4v) is 1.35. The number of nitrogens with zero attached hydrogens (tertiary/aromatic N) is 1. The second kappa shape index (κ2) is 4.58. The first-order valence-electron chi connectivity index (χ1n) is 4.86. The number of nitro groups is 1. The van der Waals surface area contributed by atoms with Crippen LogP contribution in [0.1, 0.15) is 11.5 Å². The molecule has 0 radical (unpaired) electrons. The third-order valence-electron chi connectivity index (χ3n) is 2.16. The number of furan rings is 2. The van der Waals surface area contributed by atoms with Crippen LogP contribution >= 0.6 is 0 Å². The number of rotatable bonds is 4. The summed E-state index contributed by atoms with van der Waals surface area (Å²) >= 11 is 0. The Labute approximate surface area is 101 Å². The number of nitrogens with two attached hydrogens (primary N) is 1. The van der Waals surface area contributed by atoms with E-state index in [4.69, 9.17) is 14.6 Å². The van der Waals surface area contributed by atoms with Crippen molar-refractivity contribution < 1.29 is 18.6 Å². The van der Waals surface area contributed by atoms with Crippen molar-refractivity contribution in [2.45, 2.75) is 0 Å². The van der Waals surface area contributed by atoms with E-state index in [1.165, 1.54) is 18.4 Å². The number of hydrogen-bond acceptors (Lipinski definition) is 5. The summed E-state index contributed by atoms with van der Waals surface area (Å²) in [5.41, 5.74) is 5.07. The van der Waals surface area contributed by atoms with E-state index < -0.39 is 10.8 Å². The van der Waals surface area contributed by atoms with E-state index in [0.29, 0.717) is 0 Å². The van der Waals surface area contributed by atoms with Crippen molar-refractivity contribution in [3.63, 3.8) is 0 Å². The zero-order valence-corrected chi connectivity index (χ0v) is 9.03. The van der Waals surface area contributed by atoms with Gasteiger partial charge in [0.2, 0.25) is 0 Å². The molecule has 2 heterocycles. The highest BCUT2D eigenvalue weighted by Crippen LogP contribution is 2.22. The molecule has 0 unspecified atom stereocenters. The third-order valence-corrected chi connectivity index (χ3v) is 2.16. The molecule has 0 spiro atoms. The maximum atomic E-state index is 11.3. The van der Waals surface area contributed by atoms with E-state index in [2.05, 4.69) is 0 Å². The first-order valence-corrected chi connectivity index (χ1v) is 4.86. The molecular weight excluding hydrogens is 240 g/mol. The summed E-state index contributed by atoms with van der Waals surface area (Å²) in [7, 11) is 0. The van der Waals surface area contributed by atoms with Crippen molar-refractivity contribution in [3.8, 4) is 0 Å². The molecule has 92 valence electrons. The summed E-state index contributed by atoms with van der Waals surface area (Å²) in [5, 5.41) is 10.5. The first kappa shape index (κ1) is 11.6. The van der Waals surface area contributed by atoms with Gasteiger partial charge in [-0.25, -0.2) is 0 Å². The van der Waals surface area contributed by atoms with Gasteiger partial charge < -0.3 is 14.6 Å². The SMILES string of the molecule is NC(=O)/C(=C\c1cc([N+](=O)[O-])co1)c1ccco1. The van der Waals surface area contributed by atoms with Crippen LogP contribution in [0, 0.1) is 10.1 Å². The van der Waals surface area contributed by atoms with Gasteiger partial charge in [0.25, 0.3) is 5.91 Å². The predicted molar refractivity (Wildman–Crippen MR) is 61.1 cm³/mol. The molecule has 0 saturated heterocycles. The van der Waals surface area contributed by atoms with Crippen LogP contribution in [0.2, 0.25) is 0 Å². The minimum atomic E-state index is -0.719. The van der Waals surface area contributed by atoms with Crippen molar-refractivity contribution in [1.82, 2.24) is 0 Å². The van der Waals surface area contributed by atoms with E-state index in [0.717, 1.165) is 6.26 Å². The topological polar surface area (TPSA) is 113 Å². The molecular formula is C11H8N2O5. The average Bonchev–Trinajstić information content (AvgIpc) is 2.96. The molecule has 2 aromatic rings. The molecule has 0 atom stereocenters. The van der Waals surface area contributed by atoms with Crippen molar-refractivity contribution in [3.05, 3.63) is 52.4 Å². The lowest BCUT2D eigenvalue weighted by Gasteiger charge is -1.97. The molecule has 2 aromatic heterocycles. The van der Waals surface area contributed by atoms with Crippen LogP contribution in [0.25, 0.3) is 11.6 Å². The molecule has 18 heavy (non-hydrogen) atoms. The highest BCUT2D eigenvalue weighted by atomic mass is 16.6. The van der Waals surface area contributed by atoms with Gasteiger partial charge in [-0.2, -0.15) is 0 Å². The zero-order chi connectivity index (χ0) is 13.1. The van der Waals surface area contributed by atoms with E-state index in [-0.39, 0.29) is 22.8 Å². The lowest BCUT2D eigenvalue weighted by molar-refractivity contribution is -0.385. The van der Waals surface area contributed by atoms with Crippen molar-refractivity contribution in [2.75, 3.05) is 0 Å². The average molecular weight is 248 g/mol. The highest BCUT2D eigenvalue weighted by molar-refractivity contribution is 6.22. The van der Waals surface area contributed by atoms with Crippen molar-refractivity contribution in [1.29, 1.82) is 0 Å². The number of carbonyl (C=O) groups is 1. The van der Waals surface area contributed by atoms with Crippen molar-refractivity contribution in [2.24, 2.45) is 5.73 Å². The maximum Gasteiger partial charge on any atom is 0.307 e. The Hall–Kier alpha value is -2.83. The molecule has 0 aliphatic heterocycles. The van der Waals surface area contributed by atoms with Crippen LogP contribution in [0.4, 0.5) is 5.69 Å². The lowest BCUT2D eigenvalue weighted by Crippen LogP contribution is -2.12. The Bertz CT molecular complexity index is 609. The quantitative estimate of drug-likeness (QED) is 0.503. The Morgan fingerprint density at radius 1 is 1.44 bits per heavy atom. The van der Waals surface area contributed by atoms with E-state index in [1.54, 1.807) is 12.1 Å². The molecule has 7 heteroatoms. The predicted octanol–water partition coefficient (Wildman–Crippen LogP) is 1.81. The Morgan fingerprint density at radius 3 is 2.72 bits per heavy atom. The molecule has 0 aliphatic carbocycles. The molecule has 7 nitrogen and oxygen atoms in total. The molecule has 2 rings (SSSR count). The van der Waals surface area contributed by atoms with Crippen LogP contribution in [-0.2, 0) is 4.79 Å². The van der Waals surface area contributed by atoms with Gasteiger partial charge in [-0.3, -0.25) is 14.9 Å². The van der Waals surface area contributed by atoms with E-state index >= 15 is 0 Å². The molecule has 0 fully saturated rings. The molecule has 2 N–H and O–H groups in total. The summed E-state index contributed by atoms with van der Waals surface area (Å²) in [6.07, 6.45) is 3.65. The lowest BCUT2D eigenvalue weighted by atomic mass is 10.1. The maximum absolute atomic E-state index is 11.3. The highest BCUT2D eigenvalue weighted by Gasteiger charge is 2.15. The summed E-state index contributed by atoms with van der Waals surface area (Å²) in [6, 6.07) is 4.33. The van der Waals surface area contributed by atoms with Gasteiger partial charge in [-0.1, -0.05) is 0 Å². The number of primary amides is 1. The largest absolute Gasteiger partial charge is 0.464 e. The molecule has 0 aliphatic rings. The van der Waals surface area contributed by atoms with Crippen LogP contribution in [-0.4, -0.2) is 10.8 Å². The fourth-order valence-electron chi connectivity index (χ4n) is 1.35. The second-order valence-electron chi connectivity index (χ2n) is 3.36. The molecule has 0 bridgehead atoms. The van der Waals surface area contributed by atoms with Crippen LogP contribution in [0.5, 0.6) is 0 Å². The summed E-state index contributed by atoms with van der Waals surface area (Å²) < 4.78 is 9.98. The van der Waals surface area contributed by atoms with Gasteiger partial charge >= 0.3 is 5.69 Å². The molecule has 1 amide bonds. The molecule has 0 aromatic carbocycles. The minimum absolute atomic E-state index is 0.0734. The van der Waals surface area contributed by atoms with Gasteiger partial charge in [0.15, 0.2) is 6.26 Å². The summed E-state index contributed by atoms with van der Waals surface area (Å²) in [6.45, 7) is 0. The summed E-state index contributed by atoms with van der Waals surface area (Å²) in [5.74, 6) is -0.308. The van der Waals surface area contributed by atoms with Gasteiger partial charge in [0.05, 0.1) is 22.8 Å². The normalized spacial score (nSPS) is 11.4. The third kappa shape index (κ3) is 2.29. The number of hydrogen-bond donors (Lipinski definition) is 1. The first-order chi connectivity index (χ1) is 8.58. The number of amides is 1. The van der Waals surface area contributed by atoms with Gasteiger partial charge in [-0.15, -0.1) is 0 Å². The standard InChI is InChI=1S/C11H8N2O5/c12-11(14)9(10-2-1-3-17-10)5-8-4-7(6-18-8)13(15)16/h1-6H,(H2,12,14)/b9-5-. The van der Waals surface area contributed by atoms with Gasteiger partial charge in [0.1, 0.15) is 11.5 Å². The van der Waals surface area contributed by atoms with Gasteiger partial charge in [0, 0.05) is 0 Å². The monoisotopic (exact) mass is 248 g/mol. The Kier molecular flexibility index (Phi) is 2.96. The fraction of sp³-hybridized carbons (Fsp3) is 0. The zero-order valence-electron chi connectivity index (χ0n) is 9.03. The van der Waals surface area contributed by atoms with Crippen LogP contribution in [0.15, 0.2) is 39.6 Å². The Balaban J connectivity index is 2.39. The smallest absolute Gasteiger partial charge is 0.307 e. The van der Waals surface area contributed by atoms with Crippen LogP contribution in [0.3, 0.4) is 0 Å². The van der Waals surface area contributed by atoms with Gasteiger partial charge in [-0.05, 0) is 18.2 Å². The van der Waals surface area contributed by atoms with E-state index in [1.807, 2.05) is 0 Å². The van der Waals surface area contributed by atoms with E-state index in [9.17, 15) is 14.9 Å². The van der Waals surface area contributed by atoms with Crippen LogP contribution < -0.4 is 5.73 Å². The number of carbonyl (C=O) groups excluding carboxylic acids is 1. The van der Waals surface area contributed by atoms with Crippen molar-refractivity contribution >= 4 is 23.2 Å². The Morgan fingerprint density at radius 2 is 2.22 bits per heavy atom.